The number of hydrogen-bond acceptors (Lipinski definition) is 2. The first-order valence-electron chi connectivity index (χ1n) is 5.18. The summed E-state index contributed by atoms with van der Waals surface area (Å²) < 4.78 is 0. The van der Waals surface area contributed by atoms with Crippen molar-refractivity contribution in [3.8, 4) is 0 Å². The molecule has 78 valence electrons. The zero-order valence-electron chi connectivity index (χ0n) is 9.02. The van der Waals surface area contributed by atoms with E-state index in [1.807, 2.05) is 6.92 Å². The van der Waals surface area contributed by atoms with Gasteiger partial charge in [0.05, 0.1) is 6.54 Å². The molecule has 0 aromatic heterocycles. The fourth-order valence-electron chi connectivity index (χ4n) is 0.903. The van der Waals surface area contributed by atoms with Crippen molar-refractivity contribution in [2.45, 2.75) is 33.6 Å². The second-order valence-corrected chi connectivity index (χ2v) is 3.49. The molecule has 0 rings (SSSR count). The summed E-state index contributed by atoms with van der Waals surface area (Å²) in [5.74, 6) is 0.754. The van der Waals surface area contributed by atoms with Crippen LogP contribution < -0.4 is 10.6 Å². The van der Waals surface area contributed by atoms with Gasteiger partial charge in [0, 0.05) is 6.54 Å². The van der Waals surface area contributed by atoms with E-state index in [0.29, 0.717) is 12.5 Å². The van der Waals surface area contributed by atoms with Crippen molar-refractivity contribution >= 4 is 5.91 Å². The standard InChI is InChI=1S/C10H22N2O/c1-4-6-12-10(13)8-11-7-9(3)5-2/h9,11H,4-8H2,1-3H3,(H,12,13). The fourth-order valence-corrected chi connectivity index (χ4v) is 0.903. The quantitative estimate of drug-likeness (QED) is 0.626. The Kier molecular flexibility index (Phi) is 7.69. The zero-order valence-corrected chi connectivity index (χ0v) is 9.02. The van der Waals surface area contributed by atoms with Gasteiger partial charge in [-0.05, 0) is 18.9 Å². The highest BCUT2D eigenvalue weighted by Crippen LogP contribution is 1.96. The SMILES string of the molecule is CCCNC(=O)CNCC(C)CC. The van der Waals surface area contributed by atoms with Crippen LogP contribution in [0, 0.1) is 5.92 Å². The van der Waals surface area contributed by atoms with Crippen LogP contribution >= 0.6 is 0 Å². The molecule has 0 bridgehead atoms. The first-order valence-corrected chi connectivity index (χ1v) is 5.18. The first kappa shape index (κ1) is 12.4. The second kappa shape index (κ2) is 8.05. The largest absolute Gasteiger partial charge is 0.355 e. The minimum atomic E-state index is 0.102. The van der Waals surface area contributed by atoms with Gasteiger partial charge in [-0.25, -0.2) is 0 Å². The lowest BCUT2D eigenvalue weighted by atomic mass is 10.1. The summed E-state index contributed by atoms with van der Waals surface area (Å²) in [6.45, 7) is 8.54. The number of carbonyl (C=O) groups excluding carboxylic acids is 1. The summed E-state index contributed by atoms with van der Waals surface area (Å²) in [6, 6.07) is 0. The third-order valence-electron chi connectivity index (χ3n) is 2.05. The van der Waals surface area contributed by atoms with Crippen LogP contribution in [0.25, 0.3) is 0 Å². The molecule has 0 aliphatic carbocycles. The zero-order chi connectivity index (χ0) is 10.1. The molecule has 0 aliphatic rings. The molecule has 0 saturated heterocycles. The van der Waals surface area contributed by atoms with Crippen molar-refractivity contribution in [3.63, 3.8) is 0 Å². The highest BCUT2D eigenvalue weighted by molar-refractivity contribution is 5.77. The molecule has 0 aromatic rings. The van der Waals surface area contributed by atoms with Crippen LogP contribution in [0.5, 0.6) is 0 Å². The molecule has 0 aromatic carbocycles. The summed E-state index contributed by atoms with van der Waals surface area (Å²) in [4.78, 5) is 11.1. The molecule has 1 amide bonds. The van der Waals surface area contributed by atoms with E-state index in [4.69, 9.17) is 0 Å². The predicted octanol–water partition coefficient (Wildman–Crippen LogP) is 1.15. The molecule has 2 N–H and O–H groups in total. The summed E-state index contributed by atoms with van der Waals surface area (Å²) in [5.41, 5.74) is 0. The monoisotopic (exact) mass is 186 g/mol. The summed E-state index contributed by atoms with van der Waals surface area (Å²) in [5, 5.41) is 5.96. The molecule has 0 heterocycles. The van der Waals surface area contributed by atoms with Crippen LogP contribution in [0.2, 0.25) is 0 Å². The van der Waals surface area contributed by atoms with Gasteiger partial charge in [-0.1, -0.05) is 27.2 Å². The van der Waals surface area contributed by atoms with Gasteiger partial charge in [0.1, 0.15) is 0 Å². The van der Waals surface area contributed by atoms with E-state index in [-0.39, 0.29) is 5.91 Å². The van der Waals surface area contributed by atoms with E-state index >= 15 is 0 Å². The first-order chi connectivity index (χ1) is 6.20. The molecule has 13 heavy (non-hydrogen) atoms. The fraction of sp³-hybridized carbons (Fsp3) is 0.900. The molecule has 0 spiro atoms. The molecule has 0 radical (unpaired) electrons. The molecular formula is C10H22N2O. The van der Waals surface area contributed by atoms with Crippen LogP contribution in [-0.2, 0) is 4.79 Å². The Bertz CT molecular complexity index is 137. The Balaban J connectivity index is 3.26. The number of amides is 1. The smallest absolute Gasteiger partial charge is 0.233 e. The lowest BCUT2D eigenvalue weighted by Gasteiger charge is -2.09. The molecule has 0 aliphatic heterocycles. The second-order valence-electron chi connectivity index (χ2n) is 3.49. The molecule has 0 fully saturated rings. The maximum Gasteiger partial charge on any atom is 0.233 e. The van der Waals surface area contributed by atoms with Crippen molar-refractivity contribution in [1.29, 1.82) is 0 Å². The van der Waals surface area contributed by atoms with Crippen LogP contribution in [-0.4, -0.2) is 25.5 Å². The van der Waals surface area contributed by atoms with Crippen molar-refractivity contribution in [3.05, 3.63) is 0 Å². The predicted molar refractivity (Wildman–Crippen MR) is 55.6 cm³/mol. The Labute approximate surface area is 81.3 Å². The van der Waals surface area contributed by atoms with Gasteiger partial charge in [-0.2, -0.15) is 0 Å². The van der Waals surface area contributed by atoms with Gasteiger partial charge in [-0.15, -0.1) is 0 Å². The molecule has 0 saturated carbocycles. The van der Waals surface area contributed by atoms with Gasteiger partial charge < -0.3 is 10.6 Å². The maximum atomic E-state index is 11.1. The van der Waals surface area contributed by atoms with Crippen LogP contribution in [0.3, 0.4) is 0 Å². The molecule has 3 heteroatoms. The number of carbonyl (C=O) groups is 1. The van der Waals surface area contributed by atoms with Crippen LogP contribution in [0.4, 0.5) is 0 Å². The molecular weight excluding hydrogens is 164 g/mol. The summed E-state index contributed by atoms with van der Waals surface area (Å²) in [6.07, 6.45) is 2.15. The van der Waals surface area contributed by atoms with Crippen LogP contribution in [0.15, 0.2) is 0 Å². The van der Waals surface area contributed by atoms with Crippen LogP contribution in [0.1, 0.15) is 33.6 Å². The van der Waals surface area contributed by atoms with E-state index in [0.717, 1.165) is 25.9 Å². The lowest BCUT2D eigenvalue weighted by Crippen LogP contribution is -2.35. The Morgan fingerprint density at radius 2 is 2.08 bits per heavy atom. The van der Waals surface area contributed by atoms with Gasteiger partial charge in [-0.3, -0.25) is 4.79 Å². The van der Waals surface area contributed by atoms with Gasteiger partial charge in [0.2, 0.25) is 5.91 Å². The number of hydrogen-bond donors (Lipinski definition) is 2. The Hall–Kier alpha value is -0.570. The minimum Gasteiger partial charge on any atom is -0.355 e. The molecule has 1 unspecified atom stereocenters. The Morgan fingerprint density at radius 1 is 1.38 bits per heavy atom. The normalized spacial score (nSPS) is 12.5. The van der Waals surface area contributed by atoms with Gasteiger partial charge in [0.15, 0.2) is 0 Å². The van der Waals surface area contributed by atoms with Gasteiger partial charge in [0.25, 0.3) is 0 Å². The number of rotatable bonds is 7. The summed E-state index contributed by atoms with van der Waals surface area (Å²) in [7, 11) is 0. The maximum absolute atomic E-state index is 11.1. The van der Waals surface area contributed by atoms with E-state index < -0.39 is 0 Å². The van der Waals surface area contributed by atoms with E-state index in [2.05, 4.69) is 24.5 Å². The number of nitrogens with one attached hydrogen (secondary N) is 2. The third kappa shape index (κ3) is 7.78. The molecule has 3 nitrogen and oxygen atoms in total. The van der Waals surface area contributed by atoms with Crippen molar-refractivity contribution in [1.82, 2.24) is 10.6 Å². The van der Waals surface area contributed by atoms with E-state index in [1.54, 1.807) is 0 Å². The third-order valence-corrected chi connectivity index (χ3v) is 2.05. The van der Waals surface area contributed by atoms with Crippen molar-refractivity contribution < 1.29 is 4.79 Å². The van der Waals surface area contributed by atoms with E-state index in [1.165, 1.54) is 0 Å². The Morgan fingerprint density at radius 3 is 2.62 bits per heavy atom. The average molecular weight is 186 g/mol. The minimum absolute atomic E-state index is 0.102. The van der Waals surface area contributed by atoms with Crippen molar-refractivity contribution in [2.75, 3.05) is 19.6 Å². The highest BCUT2D eigenvalue weighted by atomic mass is 16.1. The lowest BCUT2D eigenvalue weighted by molar-refractivity contribution is -0.120. The van der Waals surface area contributed by atoms with Crippen molar-refractivity contribution in [2.24, 2.45) is 5.92 Å². The average Bonchev–Trinajstić information content (AvgIpc) is 2.14. The summed E-state index contributed by atoms with van der Waals surface area (Å²) >= 11 is 0. The highest BCUT2D eigenvalue weighted by Gasteiger charge is 2.01. The van der Waals surface area contributed by atoms with E-state index in [9.17, 15) is 4.79 Å². The topological polar surface area (TPSA) is 41.1 Å². The van der Waals surface area contributed by atoms with Gasteiger partial charge >= 0.3 is 0 Å². The molecule has 1 atom stereocenters.